The van der Waals surface area contributed by atoms with Crippen molar-refractivity contribution in [1.82, 2.24) is 29.2 Å². The highest BCUT2D eigenvalue weighted by Gasteiger charge is 2.16. The highest BCUT2D eigenvalue weighted by molar-refractivity contribution is 5.85. The molecular weight excluding hydrogens is 424 g/mol. The fraction of sp³-hybridized carbons (Fsp3) is 0.304. The Balaban J connectivity index is 1.40. The van der Waals surface area contributed by atoms with Gasteiger partial charge in [-0.25, -0.2) is 9.67 Å². The van der Waals surface area contributed by atoms with Crippen LogP contribution >= 0.6 is 0 Å². The molecule has 1 aliphatic rings. The zero-order valence-electron chi connectivity index (χ0n) is 18.0. The van der Waals surface area contributed by atoms with Crippen LogP contribution in [-0.2, 0) is 16.0 Å². The molecule has 1 aliphatic heterocycles. The first-order valence-corrected chi connectivity index (χ1v) is 10.8. The van der Waals surface area contributed by atoms with Gasteiger partial charge >= 0.3 is 5.97 Å². The quantitative estimate of drug-likeness (QED) is 0.436. The summed E-state index contributed by atoms with van der Waals surface area (Å²) in [4.78, 5) is 22.3. The smallest absolute Gasteiger partial charge is 0.307 e. The Bertz CT molecular complexity index is 1260. The Kier molecular flexibility index (Phi) is 6.01. The van der Waals surface area contributed by atoms with Crippen LogP contribution in [-0.4, -0.2) is 79.7 Å². The van der Waals surface area contributed by atoms with Gasteiger partial charge in [-0.15, -0.1) is 5.10 Å². The minimum atomic E-state index is -0.878. The molecule has 5 rings (SSSR count). The maximum atomic E-state index is 11.0. The molecular formula is C23H24N6O4. The van der Waals surface area contributed by atoms with Crippen LogP contribution in [0, 0.1) is 0 Å². The van der Waals surface area contributed by atoms with Crippen molar-refractivity contribution in [2.24, 2.45) is 0 Å². The zero-order chi connectivity index (χ0) is 22.6. The number of hydrogen-bond acceptors (Lipinski definition) is 7. The van der Waals surface area contributed by atoms with Crippen LogP contribution in [0.15, 0.2) is 55.1 Å². The van der Waals surface area contributed by atoms with E-state index < -0.39 is 5.97 Å². The van der Waals surface area contributed by atoms with Gasteiger partial charge in [-0.2, -0.15) is 0 Å². The number of fused-ring (bicyclic) bond motifs is 1. The molecule has 1 fully saturated rings. The van der Waals surface area contributed by atoms with Crippen LogP contribution in [0.5, 0.6) is 5.88 Å². The third-order valence-electron chi connectivity index (χ3n) is 5.50. The standard InChI is InChI=1S/C23H24N6O4/c30-22(31)13-17-5-6-28(16-17)20-14-24-15-21(25-20)29-19-4-2-1-3-18(19)23(26-29)33-12-9-27-7-10-32-11-8-27/h1-6,14-16H,7-13H2,(H,30,31). The maximum Gasteiger partial charge on any atom is 0.307 e. The summed E-state index contributed by atoms with van der Waals surface area (Å²) in [6.45, 7) is 4.68. The summed E-state index contributed by atoms with van der Waals surface area (Å²) in [5.74, 6) is 0.784. The second kappa shape index (κ2) is 9.39. The van der Waals surface area contributed by atoms with Gasteiger partial charge in [0.05, 0.1) is 42.9 Å². The molecule has 0 radical (unpaired) electrons. The topological polar surface area (TPSA) is 108 Å². The normalized spacial score (nSPS) is 14.5. The van der Waals surface area contributed by atoms with Gasteiger partial charge < -0.3 is 19.1 Å². The third kappa shape index (κ3) is 4.71. The van der Waals surface area contributed by atoms with Crippen LogP contribution in [0.4, 0.5) is 0 Å². The molecule has 0 unspecified atom stereocenters. The number of para-hydroxylation sites is 1. The summed E-state index contributed by atoms with van der Waals surface area (Å²) in [5, 5.41) is 14.6. The van der Waals surface area contributed by atoms with Crippen molar-refractivity contribution in [2.75, 3.05) is 39.5 Å². The Morgan fingerprint density at radius 2 is 1.94 bits per heavy atom. The van der Waals surface area contributed by atoms with Gasteiger partial charge in [-0.3, -0.25) is 14.7 Å². The minimum Gasteiger partial charge on any atom is -0.481 e. The van der Waals surface area contributed by atoms with Gasteiger partial charge in [0.2, 0.25) is 5.88 Å². The van der Waals surface area contributed by atoms with Gasteiger partial charge in [0.15, 0.2) is 11.6 Å². The van der Waals surface area contributed by atoms with Crippen LogP contribution in [0.2, 0.25) is 0 Å². The number of carbonyl (C=O) groups is 1. The lowest BCUT2D eigenvalue weighted by Gasteiger charge is -2.26. The molecule has 4 aromatic rings. The molecule has 0 bridgehead atoms. The lowest BCUT2D eigenvalue weighted by molar-refractivity contribution is -0.136. The van der Waals surface area contributed by atoms with Crippen molar-refractivity contribution < 1.29 is 19.4 Å². The van der Waals surface area contributed by atoms with E-state index in [1.807, 2.05) is 24.3 Å². The van der Waals surface area contributed by atoms with Gasteiger partial charge in [-0.1, -0.05) is 12.1 Å². The second-order valence-electron chi connectivity index (χ2n) is 7.77. The molecule has 0 spiro atoms. The molecule has 0 saturated carbocycles. The van der Waals surface area contributed by atoms with E-state index in [0.29, 0.717) is 29.7 Å². The number of aromatic nitrogens is 5. The van der Waals surface area contributed by atoms with Crippen LogP contribution in [0.3, 0.4) is 0 Å². The molecule has 10 nitrogen and oxygen atoms in total. The lowest BCUT2D eigenvalue weighted by atomic mass is 10.2. The molecule has 0 atom stereocenters. The Morgan fingerprint density at radius 3 is 2.79 bits per heavy atom. The second-order valence-corrected chi connectivity index (χ2v) is 7.77. The molecule has 4 heterocycles. The van der Waals surface area contributed by atoms with Crippen molar-refractivity contribution >= 4 is 16.9 Å². The van der Waals surface area contributed by atoms with Gasteiger partial charge in [0, 0.05) is 32.0 Å². The lowest BCUT2D eigenvalue weighted by Crippen LogP contribution is -2.38. The van der Waals surface area contributed by atoms with E-state index in [2.05, 4.69) is 15.0 Å². The molecule has 3 aromatic heterocycles. The van der Waals surface area contributed by atoms with Gasteiger partial charge in [0.1, 0.15) is 6.61 Å². The number of aliphatic carboxylic acids is 1. The molecule has 0 amide bonds. The summed E-state index contributed by atoms with van der Waals surface area (Å²) in [5.41, 5.74) is 1.56. The number of hydrogen-bond donors (Lipinski definition) is 1. The predicted molar refractivity (Wildman–Crippen MR) is 120 cm³/mol. The minimum absolute atomic E-state index is 0.0466. The molecule has 1 saturated heterocycles. The molecule has 1 aromatic carbocycles. The highest BCUT2D eigenvalue weighted by atomic mass is 16.5. The summed E-state index contributed by atoms with van der Waals surface area (Å²) in [6.07, 6.45) is 6.73. The summed E-state index contributed by atoms with van der Waals surface area (Å²) in [6, 6.07) is 9.59. The van der Waals surface area contributed by atoms with Crippen molar-refractivity contribution in [3.8, 4) is 17.5 Å². The average molecular weight is 448 g/mol. The number of rotatable bonds is 8. The number of benzene rings is 1. The van der Waals surface area contributed by atoms with E-state index in [1.165, 1.54) is 0 Å². The largest absolute Gasteiger partial charge is 0.481 e. The molecule has 10 heteroatoms. The summed E-state index contributed by atoms with van der Waals surface area (Å²) < 4.78 is 14.9. The van der Waals surface area contributed by atoms with Gasteiger partial charge in [0.25, 0.3) is 0 Å². The third-order valence-corrected chi connectivity index (χ3v) is 5.50. The molecule has 170 valence electrons. The monoisotopic (exact) mass is 448 g/mol. The molecule has 33 heavy (non-hydrogen) atoms. The fourth-order valence-corrected chi connectivity index (χ4v) is 3.85. The first-order valence-electron chi connectivity index (χ1n) is 10.8. The van der Waals surface area contributed by atoms with E-state index in [0.717, 1.165) is 43.8 Å². The number of carboxylic acid groups (broad SMARTS) is 1. The Hall–Kier alpha value is -3.76. The molecule has 0 aliphatic carbocycles. The van der Waals surface area contributed by atoms with E-state index >= 15 is 0 Å². The highest BCUT2D eigenvalue weighted by Crippen LogP contribution is 2.27. The van der Waals surface area contributed by atoms with E-state index in [4.69, 9.17) is 19.6 Å². The van der Waals surface area contributed by atoms with Crippen LogP contribution in [0.25, 0.3) is 22.5 Å². The number of nitrogens with zero attached hydrogens (tertiary/aromatic N) is 6. The van der Waals surface area contributed by atoms with Crippen molar-refractivity contribution in [1.29, 1.82) is 0 Å². The zero-order valence-corrected chi connectivity index (χ0v) is 18.0. The average Bonchev–Trinajstić information content (AvgIpc) is 3.45. The number of carboxylic acids is 1. The summed E-state index contributed by atoms with van der Waals surface area (Å²) in [7, 11) is 0. The van der Waals surface area contributed by atoms with Crippen molar-refractivity contribution in [3.05, 3.63) is 60.7 Å². The maximum absolute atomic E-state index is 11.0. The molecule has 1 N–H and O–H groups in total. The van der Waals surface area contributed by atoms with Crippen molar-refractivity contribution in [3.63, 3.8) is 0 Å². The van der Waals surface area contributed by atoms with Crippen LogP contribution < -0.4 is 4.74 Å². The fourth-order valence-electron chi connectivity index (χ4n) is 3.85. The van der Waals surface area contributed by atoms with Gasteiger partial charge in [-0.05, 0) is 23.8 Å². The summed E-state index contributed by atoms with van der Waals surface area (Å²) >= 11 is 0. The number of morpholine rings is 1. The van der Waals surface area contributed by atoms with Crippen LogP contribution in [0.1, 0.15) is 5.56 Å². The first kappa shape index (κ1) is 21.1. The Labute approximate surface area is 190 Å². The van der Waals surface area contributed by atoms with E-state index in [1.54, 1.807) is 40.1 Å². The Morgan fingerprint density at radius 1 is 1.12 bits per heavy atom. The van der Waals surface area contributed by atoms with E-state index in [9.17, 15) is 4.79 Å². The van der Waals surface area contributed by atoms with E-state index in [-0.39, 0.29) is 6.42 Å². The SMILES string of the molecule is O=C(O)Cc1ccn(-c2cncc(-n3nc(OCCN4CCOCC4)c4ccccc43)n2)c1. The first-order chi connectivity index (χ1) is 16.2. The van der Waals surface area contributed by atoms with Crippen molar-refractivity contribution in [2.45, 2.75) is 6.42 Å². The predicted octanol–water partition coefficient (Wildman–Crippen LogP) is 1.94. The number of ether oxygens (including phenoxy) is 2.